The molecule has 0 radical (unpaired) electrons. The van der Waals surface area contributed by atoms with Crippen LogP contribution in [0.5, 0.6) is 0 Å². The smallest absolute Gasteiger partial charge is 0.266 e. The van der Waals surface area contributed by atoms with Gasteiger partial charge in [0, 0.05) is 4.88 Å². The highest BCUT2D eigenvalue weighted by atomic mass is 35.5. The molecule has 1 aliphatic rings. The Bertz CT molecular complexity index is 603. The van der Waals surface area contributed by atoms with Crippen molar-refractivity contribution in [2.45, 2.75) is 25.7 Å². The molecule has 0 aliphatic heterocycles. The van der Waals surface area contributed by atoms with Gasteiger partial charge in [-0.25, -0.2) is 4.98 Å². The summed E-state index contributed by atoms with van der Waals surface area (Å²) in [6, 6.07) is 1.99. The van der Waals surface area contributed by atoms with Crippen LogP contribution in [-0.2, 0) is 12.8 Å². The van der Waals surface area contributed by atoms with Gasteiger partial charge in [-0.05, 0) is 37.3 Å². The van der Waals surface area contributed by atoms with Crippen molar-refractivity contribution in [3.63, 3.8) is 0 Å². The number of nitrogens with zero attached hydrogens (tertiary/aromatic N) is 2. The highest BCUT2D eigenvalue weighted by Gasteiger charge is 2.17. The molecule has 0 saturated heterocycles. The molecule has 98 valence electrons. The summed E-state index contributed by atoms with van der Waals surface area (Å²) in [5, 5.41) is 2.99. The standard InChI is InChI=1S/C13H12ClN3OS/c14-11-6-15-7-12(16-11)17-13(18)10-5-8-3-1-2-4-9(8)19-10/h5-7H,1-4H2,(H,16,17,18). The summed E-state index contributed by atoms with van der Waals surface area (Å²) in [6.45, 7) is 0. The third-order valence-electron chi connectivity index (χ3n) is 3.07. The Morgan fingerprint density at radius 3 is 2.95 bits per heavy atom. The Balaban J connectivity index is 1.78. The van der Waals surface area contributed by atoms with E-state index in [1.54, 1.807) is 11.3 Å². The van der Waals surface area contributed by atoms with Crippen LogP contribution in [0.2, 0.25) is 5.15 Å². The number of carbonyl (C=O) groups is 1. The minimum absolute atomic E-state index is 0.143. The van der Waals surface area contributed by atoms with Crippen LogP contribution in [0.4, 0.5) is 5.82 Å². The first kappa shape index (κ1) is 12.6. The maximum absolute atomic E-state index is 12.1. The summed E-state index contributed by atoms with van der Waals surface area (Å²) >= 11 is 7.31. The molecule has 2 aromatic heterocycles. The van der Waals surface area contributed by atoms with Crippen molar-refractivity contribution in [1.82, 2.24) is 9.97 Å². The first-order valence-corrected chi connectivity index (χ1v) is 7.32. The fourth-order valence-corrected chi connectivity index (χ4v) is 3.48. The lowest BCUT2D eigenvalue weighted by atomic mass is 9.99. The van der Waals surface area contributed by atoms with Crippen LogP contribution in [-0.4, -0.2) is 15.9 Å². The van der Waals surface area contributed by atoms with E-state index in [9.17, 15) is 4.79 Å². The number of rotatable bonds is 2. The molecular formula is C13H12ClN3OS. The van der Waals surface area contributed by atoms with Crippen molar-refractivity contribution < 1.29 is 4.79 Å². The summed E-state index contributed by atoms with van der Waals surface area (Å²) in [4.78, 5) is 22.1. The Hall–Kier alpha value is -1.46. The van der Waals surface area contributed by atoms with Gasteiger partial charge in [-0.1, -0.05) is 11.6 Å². The zero-order valence-corrected chi connectivity index (χ0v) is 11.7. The van der Waals surface area contributed by atoms with Gasteiger partial charge < -0.3 is 5.32 Å². The molecule has 1 amide bonds. The quantitative estimate of drug-likeness (QED) is 0.924. The van der Waals surface area contributed by atoms with Gasteiger partial charge in [-0.3, -0.25) is 9.78 Å². The molecular weight excluding hydrogens is 282 g/mol. The highest BCUT2D eigenvalue weighted by molar-refractivity contribution is 7.14. The highest BCUT2D eigenvalue weighted by Crippen LogP contribution is 2.29. The number of aromatic nitrogens is 2. The molecule has 0 bridgehead atoms. The fraction of sp³-hybridized carbons (Fsp3) is 0.308. The Labute approximate surface area is 119 Å². The van der Waals surface area contributed by atoms with Gasteiger partial charge in [0.05, 0.1) is 17.3 Å². The summed E-state index contributed by atoms with van der Waals surface area (Å²) in [5.74, 6) is 0.236. The number of anilines is 1. The minimum Gasteiger partial charge on any atom is -0.305 e. The first-order chi connectivity index (χ1) is 9.22. The number of amides is 1. The van der Waals surface area contributed by atoms with E-state index in [4.69, 9.17) is 11.6 Å². The second-order valence-corrected chi connectivity index (χ2v) is 5.97. The molecule has 1 N–H and O–H groups in total. The second kappa shape index (κ2) is 5.27. The number of halogens is 1. The normalized spacial score (nSPS) is 13.9. The van der Waals surface area contributed by atoms with Crippen molar-refractivity contribution in [1.29, 1.82) is 0 Å². The van der Waals surface area contributed by atoms with Gasteiger partial charge in [0.25, 0.3) is 5.91 Å². The van der Waals surface area contributed by atoms with Crippen LogP contribution in [0, 0.1) is 0 Å². The maximum atomic E-state index is 12.1. The second-order valence-electron chi connectivity index (χ2n) is 4.45. The summed E-state index contributed by atoms with van der Waals surface area (Å²) in [5.41, 5.74) is 1.32. The number of hydrogen-bond acceptors (Lipinski definition) is 4. The molecule has 0 unspecified atom stereocenters. The largest absolute Gasteiger partial charge is 0.305 e. The summed E-state index contributed by atoms with van der Waals surface area (Å²) < 4.78 is 0. The van der Waals surface area contributed by atoms with Gasteiger partial charge in [-0.2, -0.15) is 0 Å². The van der Waals surface area contributed by atoms with Crippen LogP contribution in [0.1, 0.15) is 33.0 Å². The van der Waals surface area contributed by atoms with E-state index in [0.29, 0.717) is 5.82 Å². The first-order valence-electron chi connectivity index (χ1n) is 6.13. The van der Waals surface area contributed by atoms with Gasteiger partial charge in [-0.15, -0.1) is 11.3 Å². The molecule has 0 aromatic carbocycles. The molecule has 0 saturated carbocycles. The van der Waals surface area contributed by atoms with Crippen LogP contribution in [0.15, 0.2) is 18.5 Å². The zero-order chi connectivity index (χ0) is 13.2. The number of aryl methyl sites for hydroxylation is 2. The maximum Gasteiger partial charge on any atom is 0.266 e. The predicted octanol–water partition coefficient (Wildman–Crippen LogP) is 3.32. The van der Waals surface area contributed by atoms with E-state index >= 15 is 0 Å². The third-order valence-corrected chi connectivity index (χ3v) is 4.49. The lowest BCUT2D eigenvalue weighted by molar-refractivity contribution is 0.103. The average Bonchev–Trinajstić information content (AvgIpc) is 2.82. The van der Waals surface area contributed by atoms with Gasteiger partial charge >= 0.3 is 0 Å². The molecule has 0 atom stereocenters. The van der Waals surface area contributed by atoms with E-state index in [2.05, 4.69) is 15.3 Å². The van der Waals surface area contributed by atoms with E-state index in [-0.39, 0.29) is 11.1 Å². The number of hydrogen-bond donors (Lipinski definition) is 1. The monoisotopic (exact) mass is 293 g/mol. The molecule has 2 aromatic rings. The molecule has 1 aliphatic carbocycles. The summed E-state index contributed by atoms with van der Waals surface area (Å²) in [6.07, 6.45) is 7.51. The van der Waals surface area contributed by atoms with E-state index < -0.39 is 0 Å². The van der Waals surface area contributed by atoms with E-state index in [1.165, 1.54) is 35.7 Å². The number of fused-ring (bicyclic) bond motifs is 1. The Morgan fingerprint density at radius 1 is 1.32 bits per heavy atom. The molecule has 0 fully saturated rings. The lowest BCUT2D eigenvalue weighted by Crippen LogP contribution is -2.11. The topological polar surface area (TPSA) is 54.9 Å². The van der Waals surface area contributed by atoms with Gasteiger partial charge in [0.15, 0.2) is 5.82 Å². The zero-order valence-electron chi connectivity index (χ0n) is 10.1. The number of nitrogens with one attached hydrogen (secondary N) is 1. The molecule has 3 rings (SSSR count). The molecule has 19 heavy (non-hydrogen) atoms. The summed E-state index contributed by atoms with van der Waals surface area (Å²) in [7, 11) is 0. The Kier molecular flexibility index (Phi) is 3.48. The van der Waals surface area contributed by atoms with Crippen molar-refractivity contribution >= 4 is 34.7 Å². The molecule has 0 spiro atoms. The molecule has 2 heterocycles. The minimum atomic E-state index is -0.143. The SMILES string of the molecule is O=C(Nc1cncc(Cl)n1)c1cc2c(s1)CCCC2. The lowest BCUT2D eigenvalue weighted by Gasteiger charge is -2.08. The predicted molar refractivity (Wildman–Crippen MR) is 76.0 cm³/mol. The van der Waals surface area contributed by atoms with Crippen molar-refractivity contribution in [2.75, 3.05) is 5.32 Å². The van der Waals surface area contributed by atoms with E-state index in [1.807, 2.05) is 6.07 Å². The van der Waals surface area contributed by atoms with E-state index in [0.717, 1.165) is 17.7 Å². The van der Waals surface area contributed by atoms with Crippen molar-refractivity contribution in [2.24, 2.45) is 0 Å². The molecule has 4 nitrogen and oxygen atoms in total. The number of thiophene rings is 1. The van der Waals surface area contributed by atoms with Gasteiger partial charge in [0.1, 0.15) is 5.15 Å². The van der Waals surface area contributed by atoms with Crippen molar-refractivity contribution in [3.8, 4) is 0 Å². The Morgan fingerprint density at radius 2 is 2.16 bits per heavy atom. The fourth-order valence-electron chi connectivity index (χ4n) is 2.18. The third kappa shape index (κ3) is 2.77. The van der Waals surface area contributed by atoms with Gasteiger partial charge in [0.2, 0.25) is 0 Å². The van der Waals surface area contributed by atoms with Crippen molar-refractivity contribution in [3.05, 3.63) is 38.9 Å². The van der Waals surface area contributed by atoms with Crippen LogP contribution >= 0.6 is 22.9 Å². The molecule has 6 heteroatoms. The van der Waals surface area contributed by atoms with Crippen LogP contribution in [0.25, 0.3) is 0 Å². The van der Waals surface area contributed by atoms with Crippen LogP contribution < -0.4 is 5.32 Å². The average molecular weight is 294 g/mol. The number of carbonyl (C=O) groups excluding carboxylic acids is 1. The van der Waals surface area contributed by atoms with Crippen LogP contribution in [0.3, 0.4) is 0 Å².